The Morgan fingerprint density at radius 1 is 1.35 bits per heavy atom. The first kappa shape index (κ1) is 17.0. The number of nitrogens with zero attached hydrogens (tertiary/aromatic N) is 2. The van der Waals surface area contributed by atoms with Crippen LogP contribution in [0.4, 0.5) is 0 Å². The van der Waals surface area contributed by atoms with Crippen molar-refractivity contribution in [1.29, 1.82) is 0 Å². The van der Waals surface area contributed by atoms with E-state index >= 15 is 0 Å². The largest absolute Gasteiger partial charge is 0.437 e. The van der Waals surface area contributed by atoms with Gasteiger partial charge in [0.25, 0.3) is 0 Å². The SMILES string of the molecule is CCOP(=O)(OCC)N(C(=NC)SC)C(C)C. The average molecular weight is 282 g/mol. The quantitative estimate of drug-likeness (QED) is 0.425. The highest BCUT2D eigenvalue weighted by Gasteiger charge is 2.37. The van der Waals surface area contributed by atoms with Crippen LogP contribution in [0.25, 0.3) is 0 Å². The number of rotatable bonds is 6. The van der Waals surface area contributed by atoms with Gasteiger partial charge in [0, 0.05) is 13.1 Å². The topological polar surface area (TPSA) is 51.1 Å². The van der Waals surface area contributed by atoms with E-state index in [9.17, 15) is 4.57 Å². The van der Waals surface area contributed by atoms with Crippen molar-refractivity contribution in [3.8, 4) is 0 Å². The monoisotopic (exact) mass is 282 g/mol. The summed E-state index contributed by atoms with van der Waals surface area (Å²) in [6, 6.07) is -0.00918. The molecular weight excluding hydrogens is 259 g/mol. The van der Waals surface area contributed by atoms with E-state index in [1.165, 1.54) is 11.8 Å². The van der Waals surface area contributed by atoms with E-state index in [-0.39, 0.29) is 6.04 Å². The van der Waals surface area contributed by atoms with Crippen LogP contribution in [0.2, 0.25) is 0 Å². The highest BCUT2D eigenvalue weighted by atomic mass is 32.2. The summed E-state index contributed by atoms with van der Waals surface area (Å²) in [4.78, 5) is 4.13. The minimum atomic E-state index is -3.29. The number of hydrogen-bond acceptors (Lipinski definition) is 5. The first-order valence-corrected chi connectivity index (χ1v) is 8.38. The van der Waals surface area contributed by atoms with Gasteiger partial charge in [-0.15, -0.1) is 0 Å². The maximum atomic E-state index is 12.7. The Hall–Kier alpha value is -0.0300. The molecule has 0 aromatic carbocycles. The minimum absolute atomic E-state index is 0.00918. The molecule has 0 amide bonds. The Balaban J connectivity index is 5.31. The lowest BCUT2D eigenvalue weighted by atomic mass is 10.4. The van der Waals surface area contributed by atoms with Crippen LogP contribution in [-0.4, -0.2) is 42.4 Å². The van der Waals surface area contributed by atoms with E-state index in [1.807, 2.05) is 20.1 Å². The second-order valence-electron chi connectivity index (χ2n) is 3.45. The lowest BCUT2D eigenvalue weighted by Gasteiger charge is -2.34. The summed E-state index contributed by atoms with van der Waals surface area (Å²) in [6.07, 6.45) is 1.89. The van der Waals surface area contributed by atoms with Crippen molar-refractivity contribution in [1.82, 2.24) is 4.67 Å². The summed E-state index contributed by atoms with van der Waals surface area (Å²) in [5.74, 6) is 0. The highest BCUT2D eigenvalue weighted by Crippen LogP contribution is 2.54. The molecule has 0 atom stereocenters. The molecule has 0 bridgehead atoms. The first-order valence-electron chi connectivity index (χ1n) is 5.66. The van der Waals surface area contributed by atoms with Gasteiger partial charge in [0.15, 0.2) is 5.17 Å². The molecule has 0 rings (SSSR count). The van der Waals surface area contributed by atoms with E-state index < -0.39 is 7.75 Å². The Morgan fingerprint density at radius 3 is 2.06 bits per heavy atom. The standard InChI is InChI=1S/C10H23N2O3PS/c1-7-14-16(13,15-8-2)12(9(3)4)10(11-5)17-6/h9H,7-8H2,1-6H3. The second-order valence-corrected chi connectivity index (χ2v) is 6.11. The van der Waals surface area contributed by atoms with E-state index in [0.29, 0.717) is 18.4 Å². The fourth-order valence-corrected chi connectivity index (χ4v) is 4.35. The molecule has 5 nitrogen and oxygen atoms in total. The van der Waals surface area contributed by atoms with Crippen LogP contribution in [0.15, 0.2) is 4.99 Å². The Kier molecular flexibility index (Phi) is 8.12. The van der Waals surface area contributed by atoms with Crippen LogP contribution >= 0.6 is 19.5 Å². The molecule has 0 heterocycles. The number of hydrogen-bond donors (Lipinski definition) is 0. The molecule has 0 saturated heterocycles. The fourth-order valence-electron chi connectivity index (χ4n) is 1.38. The average Bonchev–Trinajstić information content (AvgIpc) is 2.25. The molecule has 0 radical (unpaired) electrons. The van der Waals surface area contributed by atoms with Gasteiger partial charge in [-0.2, -0.15) is 0 Å². The third-order valence-corrected chi connectivity index (χ3v) is 5.14. The predicted molar refractivity (Wildman–Crippen MR) is 74.7 cm³/mol. The molecule has 0 saturated carbocycles. The third kappa shape index (κ3) is 4.62. The Bertz CT molecular complexity index is 287. The number of aliphatic imine (C=N–C) groups is 1. The Morgan fingerprint density at radius 2 is 1.82 bits per heavy atom. The van der Waals surface area contributed by atoms with Crippen LogP contribution in [0.1, 0.15) is 27.7 Å². The van der Waals surface area contributed by atoms with Crippen molar-refractivity contribution in [2.45, 2.75) is 33.7 Å². The maximum absolute atomic E-state index is 12.7. The number of amidine groups is 1. The van der Waals surface area contributed by atoms with E-state index in [0.717, 1.165) is 0 Å². The molecule has 102 valence electrons. The zero-order chi connectivity index (χ0) is 13.5. The van der Waals surface area contributed by atoms with Gasteiger partial charge in [-0.25, -0.2) is 4.57 Å². The molecule has 0 spiro atoms. The van der Waals surface area contributed by atoms with Crippen molar-refractivity contribution < 1.29 is 13.6 Å². The number of thioether (sulfide) groups is 1. The van der Waals surface area contributed by atoms with Crippen LogP contribution in [0.3, 0.4) is 0 Å². The van der Waals surface area contributed by atoms with E-state index in [4.69, 9.17) is 9.05 Å². The normalized spacial score (nSPS) is 13.2. The molecule has 0 aliphatic heterocycles. The van der Waals surface area contributed by atoms with Crippen molar-refractivity contribution in [3.05, 3.63) is 0 Å². The van der Waals surface area contributed by atoms with Gasteiger partial charge in [0.1, 0.15) is 0 Å². The molecular formula is C10H23N2O3PS. The van der Waals surface area contributed by atoms with Gasteiger partial charge in [0.2, 0.25) is 0 Å². The van der Waals surface area contributed by atoms with Crippen molar-refractivity contribution in [2.24, 2.45) is 4.99 Å². The van der Waals surface area contributed by atoms with Crippen molar-refractivity contribution >= 4 is 24.7 Å². The second kappa shape index (κ2) is 8.14. The third-order valence-electron chi connectivity index (χ3n) is 1.91. The maximum Gasteiger partial charge on any atom is 0.437 e. The summed E-state index contributed by atoms with van der Waals surface area (Å²) in [5.41, 5.74) is 0. The van der Waals surface area contributed by atoms with Crippen LogP contribution in [0, 0.1) is 0 Å². The lowest BCUT2D eigenvalue weighted by Crippen LogP contribution is -2.34. The molecule has 7 heteroatoms. The van der Waals surface area contributed by atoms with Gasteiger partial charge in [-0.05, 0) is 34.0 Å². The van der Waals surface area contributed by atoms with Gasteiger partial charge in [-0.1, -0.05) is 11.8 Å². The molecule has 0 aromatic rings. The molecule has 0 aliphatic carbocycles. The molecule has 0 N–H and O–H groups in total. The summed E-state index contributed by atoms with van der Waals surface area (Å²) >= 11 is 1.43. The van der Waals surface area contributed by atoms with Crippen LogP contribution < -0.4 is 0 Å². The van der Waals surface area contributed by atoms with Gasteiger partial charge in [-0.3, -0.25) is 18.7 Å². The molecule has 0 aromatic heterocycles. The molecule has 0 unspecified atom stereocenters. The first-order chi connectivity index (χ1) is 7.96. The van der Waals surface area contributed by atoms with Crippen LogP contribution in [-0.2, 0) is 13.6 Å². The summed E-state index contributed by atoms with van der Waals surface area (Å²) in [6.45, 7) is 8.15. The minimum Gasteiger partial charge on any atom is -0.292 e. The van der Waals surface area contributed by atoms with Gasteiger partial charge in [0.05, 0.1) is 13.2 Å². The van der Waals surface area contributed by atoms with Crippen molar-refractivity contribution in [2.75, 3.05) is 26.5 Å². The molecule has 0 fully saturated rings. The van der Waals surface area contributed by atoms with Gasteiger partial charge >= 0.3 is 7.75 Å². The predicted octanol–water partition coefficient (Wildman–Crippen LogP) is 3.23. The zero-order valence-electron chi connectivity index (χ0n) is 11.5. The summed E-state index contributed by atoms with van der Waals surface area (Å²) < 4.78 is 25.0. The zero-order valence-corrected chi connectivity index (χ0v) is 13.2. The van der Waals surface area contributed by atoms with Gasteiger partial charge < -0.3 is 0 Å². The van der Waals surface area contributed by atoms with E-state index in [1.54, 1.807) is 25.6 Å². The summed E-state index contributed by atoms with van der Waals surface area (Å²) in [5, 5.41) is 0.658. The van der Waals surface area contributed by atoms with E-state index in [2.05, 4.69) is 4.99 Å². The van der Waals surface area contributed by atoms with Crippen LogP contribution in [0.5, 0.6) is 0 Å². The molecule has 0 aliphatic rings. The summed E-state index contributed by atoms with van der Waals surface area (Å²) in [7, 11) is -1.62. The highest BCUT2D eigenvalue weighted by molar-refractivity contribution is 8.13. The smallest absolute Gasteiger partial charge is 0.292 e. The lowest BCUT2D eigenvalue weighted by molar-refractivity contribution is 0.182. The van der Waals surface area contributed by atoms with Crippen molar-refractivity contribution in [3.63, 3.8) is 0 Å². The fraction of sp³-hybridized carbons (Fsp3) is 0.900. The Labute approximate surface area is 109 Å². The molecule has 17 heavy (non-hydrogen) atoms.